The summed E-state index contributed by atoms with van der Waals surface area (Å²) in [5.41, 5.74) is -0.477. The van der Waals surface area contributed by atoms with E-state index in [1.54, 1.807) is 0 Å². The number of carbonyl (C=O) groups excluding carboxylic acids is 1. The van der Waals surface area contributed by atoms with Gasteiger partial charge in [0.2, 0.25) is 5.91 Å². The van der Waals surface area contributed by atoms with E-state index in [2.05, 4.69) is 27.7 Å². The molecule has 0 N–H and O–H groups in total. The minimum atomic E-state index is -0.355. The lowest BCUT2D eigenvalue weighted by Crippen LogP contribution is -2.79. The highest BCUT2D eigenvalue weighted by Gasteiger charge is 2.69. The molecule has 0 radical (unpaired) electrons. The molecule has 2 heterocycles. The Labute approximate surface area is 91.8 Å². The molecule has 0 aromatic carbocycles. The molecule has 2 aliphatic rings. The number of rotatable bonds is 0. The molecule has 0 aromatic rings. The van der Waals surface area contributed by atoms with Crippen LogP contribution in [0.5, 0.6) is 0 Å². The first kappa shape index (κ1) is 10.9. The van der Waals surface area contributed by atoms with Crippen LogP contribution in [0.3, 0.4) is 0 Å². The summed E-state index contributed by atoms with van der Waals surface area (Å²) in [7, 11) is 1.87. The largest absolute Gasteiger partial charge is 0.348 e. The molecule has 2 aliphatic heterocycles. The standard InChI is InChI=1S/C12H21NO2/c1-10(2)11(3,4)15-12(10)8-6-7-9(14)13(12)5/h6-8H2,1-5H3. The molecule has 1 spiro atoms. The Kier molecular flexibility index (Phi) is 2.01. The van der Waals surface area contributed by atoms with Gasteiger partial charge in [0.15, 0.2) is 5.72 Å². The Morgan fingerprint density at radius 2 is 1.87 bits per heavy atom. The van der Waals surface area contributed by atoms with Gasteiger partial charge in [0, 0.05) is 18.9 Å². The van der Waals surface area contributed by atoms with E-state index in [1.807, 2.05) is 11.9 Å². The average Bonchev–Trinajstić information content (AvgIpc) is 2.12. The first-order valence-corrected chi connectivity index (χ1v) is 5.71. The SMILES string of the molecule is CN1C(=O)CCCC12OC(C)(C)C2(C)C. The summed E-state index contributed by atoms with van der Waals surface area (Å²) in [6, 6.07) is 0. The maximum absolute atomic E-state index is 11.7. The fraction of sp³-hybridized carbons (Fsp3) is 0.917. The summed E-state index contributed by atoms with van der Waals surface area (Å²) in [5.74, 6) is 0.213. The third-order valence-electron chi connectivity index (χ3n) is 4.73. The van der Waals surface area contributed by atoms with E-state index in [4.69, 9.17) is 4.74 Å². The lowest BCUT2D eigenvalue weighted by atomic mass is 9.60. The van der Waals surface area contributed by atoms with Crippen LogP contribution in [0, 0.1) is 5.41 Å². The summed E-state index contributed by atoms with van der Waals surface area (Å²) in [6.45, 7) is 8.60. The van der Waals surface area contributed by atoms with Crippen LogP contribution in [0.4, 0.5) is 0 Å². The molecule has 2 fully saturated rings. The molecule has 1 unspecified atom stereocenters. The van der Waals surface area contributed by atoms with Crippen LogP contribution >= 0.6 is 0 Å². The van der Waals surface area contributed by atoms with Crippen LogP contribution in [0.1, 0.15) is 47.0 Å². The minimum absolute atomic E-state index is 0.0187. The van der Waals surface area contributed by atoms with Crippen molar-refractivity contribution in [2.45, 2.75) is 58.3 Å². The molecule has 86 valence electrons. The van der Waals surface area contributed by atoms with Crippen LogP contribution < -0.4 is 0 Å². The van der Waals surface area contributed by atoms with Crippen LogP contribution in [0.25, 0.3) is 0 Å². The summed E-state index contributed by atoms with van der Waals surface area (Å²) in [4.78, 5) is 13.6. The van der Waals surface area contributed by atoms with Gasteiger partial charge in [-0.2, -0.15) is 0 Å². The Morgan fingerprint density at radius 1 is 1.27 bits per heavy atom. The molecule has 15 heavy (non-hydrogen) atoms. The molecule has 2 rings (SSSR count). The van der Waals surface area contributed by atoms with Crippen LogP contribution in [0.15, 0.2) is 0 Å². The molecule has 1 amide bonds. The Hall–Kier alpha value is -0.570. The van der Waals surface area contributed by atoms with Gasteiger partial charge in [-0.25, -0.2) is 0 Å². The van der Waals surface area contributed by atoms with Crippen molar-refractivity contribution in [3.63, 3.8) is 0 Å². The van der Waals surface area contributed by atoms with Gasteiger partial charge in [-0.3, -0.25) is 4.79 Å². The van der Waals surface area contributed by atoms with Gasteiger partial charge < -0.3 is 9.64 Å². The zero-order valence-electron chi connectivity index (χ0n) is 10.4. The second-order valence-corrected chi connectivity index (χ2v) is 5.83. The van der Waals surface area contributed by atoms with Crippen molar-refractivity contribution in [3.8, 4) is 0 Å². The molecule has 3 nitrogen and oxygen atoms in total. The molecular weight excluding hydrogens is 190 g/mol. The van der Waals surface area contributed by atoms with E-state index >= 15 is 0 Å². The highest BCUT2D eigenvalue weighted by Crippen LogP contribution is 2.61. The highest BCUT2D eigenvalue weighted by atomic mass is 16.6. The molecule has 0 saturated carbocycles. The smallest absolute Gasteiger partial charge is 0.224 e. The Bertz CT molecular complexity index is 309. The number of amides is 1. The van der Waals surface area contributed by atoms with Crippen molar-refractivity contribution in [2.75, 3.05) is 7.05 Å². The lowest BCUT2D eigenvalue weighted by molar-refractivity contribution is -0.403. The van der Waals surface area contributed by atoms with Crippen LogP contribution in [-0.2, 0) is 9.53 Å². The summed E-state index contributed by atoms with van der Waals surface area (Å²) < 4.78 is 6.06. The Morgan fingerprint density at radius 3 is 2.33 bits per heavy atom. The predicted octanol–water partition coefficient (Wildman–Crippen LogP) is 2.16. The summed E-state index contributed by atoms with van der Waals surface area (Å²) in [5, 5.41) is 0. The molecule has 3 heteroatoms. The lowest BCUT2D eigenvalue weighted by Gasteiger charge is -2.69. The second-order valence-electron chi connectivity index (χ2n) is 5.83. The van der Waals surface area contributed by atoms with Crippen molar-refractivity contribution < 1.29 is 9.53 Å². The van der Waals surface area contributed by atoms with Gasteiger partial charge in [0.1, 0.15) is 0 Å². The number of hydrogen-bond acceptors (Lipinski definition) is 2. The third kappa shape index (κ3) is 1.07. The van der Waals surface area contributed by atoms with Gasteiger partial charge in [-0.1, -0.05) is 13.8 Å². The highest BCUT2D eigenvalue weighted by molar-refractivity contribution is 5.77. The average molecular weight is 211 g/mol. The first-order chi connectivity index (χ1) is 6.75. The van der Waals surface area contributed by atoms with E-state index in [9.17, 15) is 4.79 Å². The molecule has 2 saturated heterocycles. The number of likely N-dealkylation sites (tertiary alicyclic amines) is 1. The van der Waals surface area contributed by atoms with Crippen molar-refractivity contribution in [3.05, 3.63) is 0 Å². The summed E-state index contributed by atoms with van der Waals surface area (Å²) in [6.07, 6.45) is 2.58. The number of nitrogens with zero attached hydrogens (tertiary/aromatic N) is 1. The maximum Gasteiger partial charge on any atom is 0.224 e. The fourth-order valence-electron chi connectivity index (χ4n) is 2.97. The van der Waals surface area contributed by atoms with E-state index < -0.39 is 0 Å². The number of piperidine rings is 1. The van der Waals surface area contributed by atoms with E-state index in [0.29, 0.717) is 6.42 Å². The van der Waals surface area contributed by atoms with E-state index in [-0.39, 0.29) is 22.6 Å². The van der Waals surface area contributed by atoms with Crippen molar-refractivity contribution in [2.24, 2.45) is 5.41 Å². The van der Waals surface area contributed by atoms with Crippen molar-refractivity contribution in [1.82, 2.24) is 4.90 Å². The topological polar surface area (TPSA) is 29.5 Å². The monoisotopic (exact) mass is 211 g/mol. The van der Waals surface area contributed by atoms with Gasteiger partial charge in [-0.15, -0.1) is 0 Å². The number of carbonyl (C=O) groups is 1. The fourth-order valence-corrected chi connectivity index (χ4v) is 2.97. The normalized spacial score (nSPS) is 37.9. The zero-order valence-corrected chi connectivity index (χ0v) is 10.4. The molecule has 0 aliphatic carbocycles. The van der Waals surface area contributed by atoms with Gasteiger partial charge in [0.05, 0.1) is 5.60 Å². The quantitative estimate of drug-likeness (QED) is 0.614. The van der Waals surface area contributed by atoms with Gasteiger partial charge in [0.25, 0.3) is 0 Å². The Balaban J connectivity index is 2.33. The van der Waals surface area contributed by atoms with E-state index in [1.165, 1.54) is 0 Å². The van der Waals surface area contributed by atoms with Gasteiger partial charge in [-0.05, 0) is 26.7 Å². The first-order valence-electron chi connectivity index (χ1n) is 5.71. The molecule has 0 bridgehead atoms. The molecule has 0 aromatic heterocycles. The van der Waals surface area contributed by atoms with Crippen molar-refractivity contribution in [1.29, 1.82) is 0 Å². The van der Waals surface area contributed by atoms with Crippen LogP contribution in [-0.4, -0.2) is 29.2 Å². The summed E-state index contributed by atoms with van der Waals surface area (Å²) >= 11 is 0. The minimum Gasteiger partial charge on any atom is -0.348 e. The zero-order chi connectivity index (χ0) is 11.5. The second kappa shape index (κ2) is 2.76. The molecular formula is C12H21NO2. The van der Waals surface area contributed by atoms with Crippen LogP contribution in [0.2, 0.25) is 0 Å². The van der Waals surface area contributed by atoms with E-state index in [0.717, 1.165) is 12.8 Å². The van der Waals surface area contributed by atoms with Crippen molar-refractivity contribution >= 4 is 5.91 Å². The molecule has 1 atom stereocenters. The third-order valence-corrected chi connectivity index (χ3v) is 4.73. The number of hydrogen-bond donors (Lipinski definition) is 0. The van der Waals surface area contributed by atoms with Gasteiger partial charge >= 0.3 is 0 Å². The maximum atomic E-state index is 11.7. The number of ether oxygens (including phenoxy) is 1. The predicted molar refractivity (Wildman–Crippen MR) is 58.3 cm³/mol.